The molecule has 0 saturated carbocycles. The monoisotopic (exact) mass is 315 g/mol. The van der Waals surface area contributed by atoms with Crippen molar-refractivity contribution in [1.29, 1.82) is 5.26 Å². The van der Waals surface area contributed by atoms with E-state index in [4.69, 9.17) is 25.7 Å². The molecule has 0 rings (SSSR count). The first-order valence-electron chi connectivity index (χ1n) is 6.57. The average Bonchev–Trinajstić information content (AvgIpc) is 2.24. The van der Waals surface area contributed by atoms with Gasteiger partial charge in [-0.1, -0.05) is 5.16 Å². The van der Waals surface area contributed by atoms with E-state index >= 15 is 0 Å². The molecule has 126 valence electrons. The quantitative estimate of drug-likeness (QED) is 0.266. The summed E-state index contributed by atoms with van der Waals surface area (Å²) in [6, 6.07) is 1.72. The average molecular weight is 315 g/mol. The molecule has 0 bridgehead atoms. The van der Waals surface area contributed by atoms with Crippen molar-refractivity contribution in [3.63, 3.8) is 0 Å². The Morgan fingerprint density at radius 1 is 1.09 bits per heavy atom. The molecule has 0 heterocycles. The molecule has 0 unspecified atom stereocenters. The Morgan fingerprint density at radius 2 is 1.50 bits per heavy atom. The Balaban J connectivity index is 0. The number of esters is 2. The van der Waals surface area contributed by atoms with Crippen molar-refractivity contribution >= 4 is 17.8 Å². The highest BCUT2D eigenvalue weighted by atomic mass is 16.6. The summed E-state index contributed by atoms with van der Waals surface area (Å²) in [4.78, 5) is 21.5. The van der Waals surface area contributed by atoms with Gasteiger partial charge in [-0.05, 0) is 41.5 Å². The molecular formula is C14H25N3O5. The van der Waals surface area contributed by atoms with Gasteiger partial charge in [0.1, 0.15) is 29.9 Å². The molecule has 0 saturated heterocycles. The number of carbonyl (C=O) groups excluding carboxylic acids is 2. The van der Waals surface area contributed by atoms with Crippen LogP contribution in [0.25, 0.3) is 0 Å². The lowest BCUT2D eigenvalue weighted by atomic mass is 10.2. The lowest BCUT2D eigenvalue weighted by molar-refractivity contribution is -0.154. The second kappa shape index (κ2) is 9.60. The summed E-state index contributed by atoms with van der Waals surface area (Å²) in [7, 11) is 0. The lowest BCUT2D eigenvalue weighted by Crippen LogP contribution is -2.27. The van der Waals surface area contributed by atoms with E-state index in [1.165, 1.54) is 0 Å². The fourth-order valence-electron chi connectivity index (χ4n) is 1.00. The van der Waals surface area contributed by atoms with Crippen molar-refractivity contribution in [2.75, 3.05) is 0 Å². The fraction of sp³-hybridized carbons (Fsp3) is 0.714. The topological polar surface area (TPSA) is 135 Å². The van der Waals surface area contributed by atoms with Crippen LogP contribution in [0.2, 0.25) is 0 Å². The van der Waals surface area contributed by atoms with Gasteiger partial charge in [0.2, 0.25) is 0 Å². The van der Waals surface area contributed by atoms with Gasteiger partial charge in [-0.15, -0.1) is 0 Å². The standard InChI is InChI=1S/C7H14N2O3.C7H11NO2/c1-7(2,3)12-6(10)4-5(8)9-11;1-7(2,3)10-6(9)4-5-8/h11H,4H2,1-3H3,(H2,8,9);4H2,1-3H3. The van der Waals surface area contributed by atoms with Crippen molar-refractivity contribution in [3.8, 4) is 6.07 Å². The predicted molar refractivity (Wildman–Crippen MR) is 79.9 cm³/mol. The van der Waals surface area contributed by atoms with Crippen molar-refractivity contribution in [2.24, 2.45) is 10.9 Å². The molecule has 8 nitrogen and oxygen atoms in total. The van der Waals surface area contributed by atoms with E-state index in [1.54, 1.807) is 47.6 Å². The number of amidine groups is 1. The molecule has 0 fully saturated rings. The van der Waals surface area contributed by atoms with Crippen LogP contribution in [-0.2, 0) is 19.1 Å². The number of rotatable bonds is 3. The minimum absolute atomic E-state index is 0.149. The Hall–Kier alpha value is -2.30. The third-order valence-electron chi connectivity index (χ3n) is 1.52. The van der Waals surface area contributed by atoms with E-state index in [9.17, 15) is 9.59 Å². The number of nitriles is 1. The number of ether oxygens (including phenoxy) is 2. The van der Waals surface area contributed by atoms with Crippen molar-refractivity contribution < 1.29 is 24.3 Å². The van der Waals surface area contributed by atoms with E-state index < -0.39 is 23.1 Å². The molecule has 0 spiro atoms. The van der Waals surface area contributed by atoms with E-state index in [1.807, 2.05) is 0 Å². The summed E-state index contributed by atoms with van der Waals surface area (Å²) in [5.41, 5.74) is 4.08. The van der Waals surface area contributed by atoms with Crippen LogP contribution in [0, 0.1) is 11.3 Å². The molecule has 0 aliphatic carbocycles. The van der Waals surface area contributed by atoms with Crippen LogP contribution in [0.1, 0.15) is 54.4 Å². The smallest absolute Gasteiger partial charge is 0.320 e. The number of nitrogens with zero attached hydrogens (tertiary/aromatic N) is 2. The summed E-state index contributed by atoms with van der Waals surface area (Å²) in [5.74, 6) is -1.11. The summed E-state index contributed by atoms with van der Waals surface area (Å²) >= 11 is 0. The summed E-state index contributed by atoms with van der Waals surface area (Å²) in [6.45, 7) is 10.5. The van der Waals surface area contributed by atoms with Gasteiger partial charge in [0.25, 0.3) is 0 Å². The van der Waals surface area contributed by atoms with Gasteiger partial charge < -0.3 is 20.4 Å². The maximum Gasteiger partial charge on any atom is 0.320 e. The highest BCUT2D eigenvalue weighted by Crippen LogP contribution is 2.08. The molecule has 0 radical (unpaired) electrons. The summed E-state index contributed by atoms with van der Waals surface area (Å²) < 4.78 is 9.72. The second-order valence-corrected chi connectivity index (χ2v) is 6.28. The number of oxime groups is 1. The Morgan fingerprint density at radius 3 is 1.82 bits per heavy atom. The Labute approximate surface area is 130 Å². The van der Waals surface area contributed by atoms with Crippen LogP contribution in [0.15, 0.2) is 5.16 Å². The number of carbonyl (C=O) groups is 2. The van der Waals surface area contributed by atoms with Crippen LogP contribution in [0.5, 0.6) is 0 Å². The van der Waals surface area contributed by atoms with E-state index in [2.05, 4.69) is 5.16 Å². The number of hydrogen-bond acceptors (Lipinski definition) is 7. The zero-order chi connectivity index (χ0) is 18.0. The summed E-state index contributed by atoms with van der Waals surface area (Å²) in [6.07, 6.45) is -0.356. The van der Waals surface area contributed by atoms with Crippen LogP contribution in [0.4, 0.5) is 0 Å². The highest BCUT2D eigenvalue weighted by molar-refractivity contribution is 5.96. The molecule has 22 heavy (non-hydrogen) atoms. The number of nitrogens with two attached hydrogens (primary N) is 1. The first-order chi connectivity index (χ1) is 9.80. The van der Waals surface area contributed by atoms with E-state index in [0.717, 1.165) is 0 Å². The van der Waals surface area contributed by atoms with Crippen LogP contribution in [0.3, 0.4) is 0 Å². The zero-order valence-electron chi connectivity index (χ0n) is 14.0. The first-order valence-corrected chi connectivity index (χ1v) is 6.57. The third kappa shape index (κ3) is 17.7. The van der Waals surface area contributed by atoms with Crippen molar-refractivity contribution in [3.05, 3.63) is 0 Å². The van der Waals surface area contributed by atoms with E-state index in [0.29, 0.717) is 0 Å². The largest absolute Gasteiger partial charge is 0.460 e. The second-order valence-electron chi connectivity index (χ2n) is 6.28. The minimum atomic E-state index is -0.535. The van der Waals surface area contributed by atoms with Gasteiger partial charge >= 0.3 is 11.9 Å². The summed E-state index contributed by atoms with van der Waals surface area (Å²) in [5, 5.41) is 18.9. The minimum Gasteiger partial charge on any atom is -0.460 e. The molecule has 0 aromatic heterocycles. The maximum absolute atomic E-state index is 10.9. The van der Waals surface area contributed by atoms with Gasteiger partial charge in [-0.2, -0.15) is 5.26 Å². The lowest BCUT2D eigenvalue weighted by Gasteiger charge is -2.18. The molecule has 3 N–H and O–H groups in total. The zero-order valence-corrected chi connectivity index (χ0v) is 14.0. The molecule has 0 aromatic rings. The molecule has 0 aliphatic rings. The Kier molecular flexibility index (Phi) is 9.60. The SMILES string of the molecule is CC(C)(C)OC(=O)CC#N.CC(C)(C)OC(=O)CC(N)=NO. The normalized spacial score (nSPS) is 11.6. The molecule has 0 atom stereocenters. The van der Waals surface area contributed by atoms with Gasteiger partial charge in [0, 0.05) is 0 Å². The third-order valence-corrected chi connectivity index (χ3v) is 1.52. The predicted octanol–water partition coefficient (Wildman–Crippen LogP) is 1.71. The number of hydrogen-bond donors (Lipinski definition) is 2. The van der Waals surface area contributed by atoms with Gasteiger partial charge in [0.15, 0.2) is 0 Å². The van der Waals surface area contributed by atoms with Gasteiger partial charge in [-0.25, -0.2) is 0 Å². The van der Waals surface area contributed by atoms with Gasteiger partial charge in [-0.3, -0.25) is 9.59 Å². The highest BCUT2D eigenvalue weighted by Gasteiger charge is 2.17. The van der Waals surface area contributed by atoms with E-state index in [-0.39, 0.29) is 18.7 Å². The van der Waals surface area contributed by atoms with Crippen LogP contribution >= 0.6 is 0 Å². The van der Waals surface area contributed by atoms with Crippen LogP contribution < -0.4 is 5.73 Å². The molecular weight excluding hydrogens is 290 g/mol. The Bertz CT molecular complexity index is 439. The van der Waals surface area contributed by atoms with Crippen molar-refractivity contribution in [1.82, 2.24) is 0 Å². The molecule has 0 aromatic carbocycles. The molecule has 0 aliphatic heterocycles. The molecule has 8 heteroatoms. The fourth-order valence-corrected chi connectivity index (χ4v) is 1.00. The van der Waals surface area contributed by atoms with Crippen LogP contribution in [-0.4, -0.2) is 34.2 Å². The van der Waals surface area contributed by atoms with Crippen molar-refractivity contribution in [2.45, 2.75) is 65.6 Å². The van der Waals surface area contributed by atoms with Gasteiger partial charge in [0.05, 0.1) is 6.07 Å². The maximum atomic E-state index is 10.9. The molecule has 0 amide bonds. The first kappa shape index (κ1) is 22.0.